The molecule has 0 saturated heterocycles. The van der Waals surface area contributed by atoms with Crippen LogP contribution in [0.25, 0.3) is 0 Å². The maximum atomic E-state index is 12.4. The van der Waals surface area contributed by atoms with Crippen LogP contribution in [0.5, 0.6) is 0 Å². The van der Waals surface area contributed by atoms with Crippen LogP contribution in [0.15, 0.2) is 30.1 Å². The van der Waals surface area contributed by atoms with Gasteiger partial charge in [0.25, 0.3) is 5.91 Å². The number of halogens is 4. The summed E-state index contributed by atoms with van der Waals surface area (Å²) >= 11 is 5.87. The van der Waals surface area contributed by atoms with E-state index in [-0.39, 0.29) is 10.9 Å². The molecule has 0 aliphatic heterocycles. The number of carbonyl (C=O) groups is 1. The maximum absolute atomic E-state index is 12.4. The smallest absolute Gasteiger partial charge is 0.321 e. The summed E-state index contributed by atoms with van der Waals surface area (Å²) in [5.41, 5.74) is -0.114. The van der Waals surface area contributed by atoms with Gasteiger partial charge in [-0.3, -0.25) is 4.79 Å². The zero-order valence-corrected chi connectivity index (χ0v) is 16.2. The molecule has 1 atom stereocenters. The van der Waals surface area contributed by atoms with Crippen molar-refractivity contribution in [3.05, 3.63) is 41.0 Å². The summed E-state index contributed by atoms with van der Waals surface area (Å²) in [6, 6.07) is 0. The lowest BCUT2D eigenvalue weighted by Gasteiger charge is -2.28. The number of aromatic nitrogens is 2. The first-order valence-corrected chi connectivity index (χ1v) is 10.0. The third-order valence-electron chi connectivity index (χ3n) is 3.96. The Hall–Kier alpha value is -1.81. The lowest BCUT2D eigenvalue weighted by molar-refractivity contribution is -0.136. The SMILES string of the molecule is CC1=CC=CC(C)(CS(=O)(=O)NC(=O)c2ncn(CCC(F)(F)F)c2Cl)C1. The van der Waals surface area contributed by atoms with E-state index in [1.165, 1.54) is 0 Å². The number of allylic oxidation sites excluding steroid dienone is 4. The third kappa shape index (κ3) is 6.10. The van der Waals surface area contributed by atoms with Crippen molar-refractivity contribution in [3.63, 3.8) is 0 Å². The maximum Gasteiger partial charge on any atom is 0.390 e. The topological polar surface area (TPSA) is 81.1 Å². The highest BCUT2D eigenvalue weighted by Crippen LogP contribution is 2.32. The van der Waals surface area contributed by atoms with Gasteiger partial charge in [-0.25, -0.2) is 18.1 Å². The minimum atomic E-state index is -4.39. The largest absolute Gasteiger partial charge is 0.390 e. The highest BCUT2D eigenvalue weighted by Gasteiger charge is 2.32. The zero-order valence-electron chi connectivity index (χ0n) is 14.7. The summed E-state index contributed by atoms with van der Waals surface area (Å²) < 4.78 is 64.4. The van der Waals surface area contributed by atoms with Crippen LogP contribution in [0.3, 0.4) is 0 Å². The molecule has 1 aromatic heterocycles. The summed E-state index contributed by atoms with van der Waals surface area (Å²) in [5, 5.41) is -0.352. The Morgan fingerprint density at radius 3 is 2.70 bits per heavy atom. The number of alkyl halides is 3. The van der Waals surface area contributed by atoms with Gasteiger partial charge >= 0.3 is 6.18 Å². The standard InChI is InChI=1S/C16H19ClF3N3O3S/c1-11-4-3-5-15(2,8-11)9-27(25,26)22-14(24)12-13(17)23(10-21-12)7-6-16(18,19)20/h3-5,10H,6-9H2,1-2H3,(H,22,24). The van der Waals surface area contributed by atoms with Crippen molar-refractivity contribution < 1.29 is 26.4 Å². The fourth-order valence-electron chi connectivity index (χ4n) is 2.88. The van der Waals surface area contributed by atoms with E-state index in [1.807, 2.05) is 17.7 Å². The van der Waals surface area contributed by atoms with Gasteiger partial charge in [-0.05, 0) is 13.3 Å². The van der Waals surface area contributed by atoms with Crippen LogP contribution in [0.2, 0.25) is 5.15 Å². The number of nitrogens with one attached hydrogen (secondary N) is 1. The summed E-state index contributed by atoms with van der Waals surface area (Å²) in [7, 11) is -4.02. The summed E-state index contributed by atoms with van der Waals surface area (Å²) in [5.74, 6) is -1.42. The van der Waals surface area contributed by atoms with Crippen molar-refractivity contribution in [2.75, 3.05) is 5.75 Å². The monoisotopic (exact) mass is 425 g/mol. The summed E-state index contributed by atoms with van der Waals surface area (Å²) in [4.78, 5) is 15.8. The van der Waals surface area contributed by atoms with Crippen molar-refractivity contribution in [1.29, 1.82) is 0 Å². The molecule has 0 fully saturated rings. The molecular formula is C16H19ClF3N3O3S. The molecule has 2 rings (SSSR count). The molecular weight excluding hydrogens is 407 g/mol. The van der Waals surface area contributed by atoms with Gasteiger partial charge in [0.15, 0.2) is 5.69 Å². The van der Waals surface area contributed by atoms with E-state index in [0.717, 1.165) is 16.5 Å². The van der Waals surface area contributed by atoms with Crippen LogP contribution in [-0.4, -0.2) is 35.8 Å². The van der Waals surface area contributed by atoms with E-state index in [1.54, 1.807) is 19.1 Å². The van der Waals surface area contributed by atoms with E-state index in [9.17, 15) is 26.4 Å². The Bertz CT molecular complexity index is 890. The summed E-state index contributed by atoms with van der Waals surface area (Å²) in [6.45, 7) is 3.10. The average Bonchev–Trinajstić information content (AvgIpc) is 2.83. The first-order chi connectivity index (χ1) is 12.3. The number of amides is 1. The second-order valence-corrected chi connectivity index (χ2v) is 8.92. The van der Waals surface area contributed by atoms with Crippen LogP contribution in [0, 0.1) is 5.41 Å². The molecule has 1 amide bonds. The van der Waals surface area contributed by atoms with E-state index in [0.29, 0.717) is 6.42 Å². The van der Waals surface area contributed by atoms with Crippen molar-refractivity contribution in [1.82, 2.24) is 14.3 Å². The Morgan fingerprint density at radius 1 is 1.44 bits per heavy atom. The minimum Gasteiger partial charge on any atom is -0.321 e. The van der Waals surface area contributed by atoms with E-state index in [4.69, 9.17) is 11.6 Å². The molecule has 27 heavy (non-hydrogen) atoms. The summed E-state index contributed by atoms with van der Waals surface area (Å²) in [6.07, 6.45) is 1.33. The fourth-order valence-corrected chi connectivity index (χ4v) is 4.66. The van der Waals surface area contributed by atoms with E-state index < -0.39 is 46.2 Å². The molecule has 150 valence electrons. The molecule has 0 aromatic carbocycles. The van der Waals surface area contributed by atoms with Gasteiger partial charge < -0.3 is 4.57 Å². The number of carbonyl (C=O) groups excluding carboxylic acids is 1. The second-order valence-electron chi connectivity index (χ2n) is 6.84. The molecule has 1 unspecified atom stereocenters. The second kappa shape index (κ2) is 7.67. The van der Waals surface area contributed by atoms with E-state index >= 15 is 0 Å². The highest BCUT2D eigenvalue weighted by molar-refractivity contribution is 7.90. The van der Waals surface area contributed by atoms with Crippen LogP contribution >= 0.6 is 11.6 Å². The van der Waals surface area contributed by atoms with Crippen molar-refractivity contribution >= 4 is 27.5 Å². The number of sulfonamides is 1. The van der Waals surface area contributed by atoms with Crippen LogP contribution < -0.4 is 4.72 Å². The van der Waals surface area contributed by atoms with E-state index in [2.05, 4.69) is 4.98 Å². The molecule has 0 bridgehead atoms. The predicted octanol–water partition coefficient (Wildman–Crippen LogP) is 3.46. The molecule has 6 nitrogen and oxygen atoms in total. The average molecular weight is 426 g/mol. The van der Waals surface area contributed by atoms with Gasteiger partial charge in [-0.1, -0.05) is 42.3 Å². The number of rotatable bonds is 6. The van der Waals surface area contributed by atoms with Crippen molar-refractivity contribution in [3.8, 4) is 0 Å². The molecule has 0 radical (unpaired) electrons. The zero-order chi connectivity index (χ0) is 20.5. The van der Waals surface area contributed by atoms with Gasteiger partial charge in [0, 0.05) is 12.0 Å². The fraction of sp³-hybridized carbons (Fsp3) is 0.500. The van der Waals surface area contributed by atoms with Gasteiger partial charge in [-0.2, -0.15) is 13.2 Å². The molecule has 1 aromatic rings. The van der Waals surface area contributed by atoms with Gasteiger partial charge in [0.2, 0.25) is 10.0 Å². The van der Waals surface area contributed by atoms with Gasteiger partial charge in [0.1, 0.15) is 5.15 Å². The number of hydrogen-bond donors (Lipinski definition) is 1. The molecule has 1 aliphatic carbocycles. The lowest BCUT2D eigenvalue weighted by atomic mass is 9.82. The quantitative estimate of drug-likeness (QED) is 0.756. The van der Waals surface area contributed by atoms with Crippen molar-refractivity contribution in [2.45, 2.75) is 39.4 Å². The lowest BCUT2D eigenvalue weighted by Crippen LogP contribution is -2.38. The number of hydrogen-bond acceptors (Lipinski definition) is 4. The Labute approximate surface area is 160 Å². The molecule has 1 N–H and O–H groups in total. The van der Waals surface area contributed by atoms with Crippen LogP contribution in [-0.2, 0) is 16.6 Å². The molecule has 0 spiro atoms. The van der Waals surface area contributed by atoms with Gasteiger partial charge in [0.05, 0.1) is 18.5 Å². The highest BCUT2D eigenvalue weighted by atomic mass is 35.5. The molecule has 0 saturated carbocycles. The number of nitrogens with zero attached hydrogens (tertiary/aromatic N) is 2. The van der Waals surface area contributed by atoms with Gasteiger partial charge in [-0.15, -0.1) is 0 Å². The third-order valence-corrected chi connectivity index (χ3v) is 5.89. The first-order valence-electron chi connectivity index (χ1n) is 7.97. The minimum absolute atomic E-state index is 0.334. The normalized spacial score (nSPS) is 20.4. The van der Waals surface area contributed by atoms with Crippen LogP contribution in [0.4, 0.5) is 13.2 Å². The Balaban J connectivity index is 2.07. The molecule has 11 heteroatoms. The number of imidazole rings is 1. The number of aryl methyl sites for hydroxylation is 1. The predicted molar refractivity (Wildman–Crippen MR) is 94.8 cm³/mol. The molecule has 1 heterocycles. The molecule has 1 aliphatic rings. The van der Waals surface area contributed by atoms with Crippen molar-refractivity contribution in [2.24, 2.45) is 5.41 Å². The Kier molecular flexibility index (Phi) is 6.10. The first kappa shape index (κ1) is 21.5. The van der Waals surface area contributed by atoms with Crippen LogP contribution in [0.1, 0.15) is 37.2 Å². The Morgan fingerprint density at radius 2 is 2.11 bits per heavy atom.